The largest absolute Gasteiger partial charge is 0.496 e. The zero-order valence-electron chi connectivity index (χ0n) is 12.1. The highest BCUT2D eigenvalue weighted by Gasteiger charge is 2.33. The summed E-state index contributed by atoms with van der Waals surface area (Å²) in [6.07, 6.45) is 4.22. The van der Waals surface area contributed by atoms with Crippen molar-refractivity contribution < 1.29 is 4.74 Å². The molecule has 1 aliphatic heterocycles. The van der Waals surface area contributed by atoms with Crippen molar-refractivity contribution in [1.29, 1.82) is 0 Å². The highest BCUT2D eigenvalue weighted by molar-refractivity contribution is 9.10. The zero-order valence-corrected chi connectivity index (χ0v) is 13.7. The van der Waals surface area contributed by atoms with Gasteiger partial charge in [0.15, 0.2) is 0 Å². The van der Waals surface area contributed by atoms with Crippen molar-refractivity contribution >= 4 is 15.9 Å². The molecule has 3 rings (SSSR count). The summed E-state index contributed by atoms with van der Waals surface area (Å²) in [4.78, 5) is 2.68. The molecule has 1 saturated heterocycles. The molecule has 4 heteroatoms. The SMILES string of the molecule is COc1ccc(CNC[C@H]2CCN(C3CC3)C2)cc1Br. The fraction of sp³-hybridized carbons (Fsp3) is 0.625. The zero-order chi connectivity index (χ0) is 13.9. The Morgan fingerprint density at radius 1 is 1.35 bits per heavy atom. The molecule has 0 unspecified atom stereocenters. The first kappa shape index (κ1) is 14.4. The topological polar surface area (TPSA) is 24.5 Å². The monoisotopic (exact) mass is 338 g/mol. The van der Waals surface area contributed by atoms with E-state index in [1.807, 2.05) is 6.07 Å². The molecule has 2 fully saturated rings. The molecule has 0 radical (unpaired) electrons. The van der Waals surface area contributed by atoms with Gasteiger partial charge in [-0.2, -0.15) is 0 Å². The summed E-state index contributed by atoms with van der Waals surface area (Å²) in [5.74, 6) is 1.72. The van der Waals surface area contributed by atoms with Gasteiger partial charge in [0.2, 0.25) is 0 Å². The summed E-state index contributed by atoms with van der Waals surface area (Å²) in [5, 5.41) is 3.60. The summed E-state index contributed by atoms with van der Waals surface area (Å²) in [5.41, 5.74) is 1.30. The average molecular weight is 339 g/mol. The van der Waals surface area contributed by atoms with Gasteiger partial charge in [0.05, 0.1) is 11.6 Å². The minimum atomic E-state index is 0.831. The first-order chi connectivity index (χ1) is 9.76. The van der Waals surface area contributed by atoms with Crippen LogP contribution in [0.4, 0.5) is 0 Å². The van der Waals surface area contributed by atoms with Crippen molar-refractivity contribution in [2.45, 2.75) is 31.8 Å². The van der Waals surface area contributed by atoms with Crippen molar-refractivity contribution in [3.05, 3.63) is 28.2 Å². The van der Waals surface area contributed by atoms with Gasteiger partial charge < -0.3 is 15.0 Å². The Labute approximate surface area is 129 Å². The molecule has 1 aromatic carbocycles. The summed E-state index contributed by atoms with van der Waals surface area (Å²) in [6.45, 7) is 4.67. The van der Waals surface area contributed by atoms with E-state index in [2.05, 4.69) is 38.3 Å². The Hall–Kier alpha value is -0.580. The molecule has 0 amide bonds. The lowest BCUT2D eigenvalue weighted by Crippen LogP contribution is -2.27. The number of benzene rings is 1. The van der Waals surface area contributed by atoms with Gasteiger partial charge in [0, 0.05) is 19.1 Å². The molecular weight excluding hydrogens is 316 g/mol. The number of rotatable bonds is 6. The Bertz CT molecular complexity index is 462. The lowest BCUT2D eigenvalue weighted by atomic mass is 10.1. The van der Waals surface area contributed by atoms with Gasteiger partial charge in [-0.1, -0.05) is 6.07 Å². The van der Waals surface area contributed by atoms with E-state index in [0.717, 1.165) is 35.3 Å². The first-order valence-corrected chi connectivity index (χ1v) is 8.32. The predicted molar refractivity (Wildman–Crippen MR) is 85.1 cm³/mol. The number of ether oxygens (including phenoxy) is 1. The third-order valence-electron chi connectivity index (χ3n) is 4.36. The van der Waals surface area contributed by atoms with E-state index in [0.29, 0.717) is 0 Å². The third-order valence-corrected chi connectivity index (χ3v) is 4.98. The molecular formula is C16H23BrN2O. The van der Waals surface area contributed by atoms with Crippen LogP contribution >= 0.6 is 15.9 Å². The van der Waals surface area contributed by atoms with Crippen molar-refractivity contribution in [2.75, 3.05) is 26.7 Å². The molecule has 2 aliphatic rings. The average Bonchev–Trinajstić information content (AvgIpc) is 3.19. The van der Waals surface area contributed by atoms with Gasteiger partial charge in [-0.05, 0) is 71.9 Å². The van der Waals surface area contributed by atoms with Crippen LogP contribution in [0.1, 0.15) is 24.8 Å². The number of hydrogen-bond acceptors (Lipinski definition) is 3. The van der Waals surface area contributed by atoms with Crippen molar-refractivity contribution in [2.24, 2.45) is 5.92 Å². The highest BCUT2D eigenvalue weighted by atomic mass is 79.9. The van der Waals surface area contributed by atoms with Gasteiger partial charge in [-0.3, -0.25) is 0 Å². The molecule has 1 saturated carbocycles. The Morgan fingerprint density at radius 2 is 2.20 bits per heavy atom. The van der Waals surface area contributed by atoms with Crippen LogP contribution in [0, 0.1) is 5.92 Å². The third kappa shape index (κ3) is 3.54. The van der Waals surface area contributed by atoms with Crippen LogP contribution in [-0.4, -0.2) is 37.7 Å². The molecule has 3 nitrogen and oxygen atoms in total. The van der Waals surface area contributed by atoms with Crippen LogP contribution in [0.25, 0.3) is 0 Å². The fourth-order valence-corrected chi connectivity index (χ4v) is 3.63. The first-order valence-electron chi connectivity index (χ1n) is 7.53. The summed E-state index contributed by atoms with van der Waals surface area (Å²) in [7, 11) is 1.70. The van der Waals surface area contributed by atoms with Gasteiger partial charge in [0.1, 0.15) is 5.75 Å². The van der Waals surface area contributed by atoms with Gasteiger partial charge in [0.25, 0.3) is 0 Å². The van der Waals surface area contributed by atoms with Crippen molar-refractivity contribution in [3.63, 3.8) is 0 Å². The van der Waals surface area contributed by atoms with Crippen LogP contribution in [0.2, 0.25) is 0 Å². The van der Waals surface area contributed by atoms with Crippen molar-refractivity contribution in [3.8, 4) is 5.75 Å². The molecule has 20 heavy (non-hydrogen) atoms. The van der Waals surface area contributed by atoms with E-state index in [4.69, 9.17) is 4.74 Å². The predicted octanol–water partition coefficient (Wildman–Crippen LogP) is 3.03. The van der Waals surface area contributed by atoms with Gasteiger partial charge in [-0.25, -0.2) is 0 Å². The molecule has 0 aromatic heterocycles. The Kier molecular flexibility index (Phi) is 4.64. The number of halogens is 1. The molecule has 0 bridgehead atoms. The van der Waals surface area contributed by atoms with Crippen molar-refractivity contribution in [1.82, 2.24) is 10.2 Å². The lowest BCUT2D eigenvalue weighted by Gasteiger charge is -2.15. The standard InChI is InChI=1S/C16H23BrN2O/c1-20-16-5-2-12(8-15(16)17)9-18-10-13-6-7-19(11-13)14-3-4-14/h2,5,8,13-14,18H,3-4,6-7,9-11H2,1H3/t13-/m1/s1. The second-order valence-corrected chi connectivity index (χ2v) is 6.83. The molecule has 1 heterocycles. The maximum atomic E-state index is 5.25. The minimum Gasteiger partial charge on any atom is -0.496 e. The number of likely N-dealkylation sites (tertiary alicyclic amines) is 1. The van der Waals surface area contributed by atoms with E-state index >= 15 is 0 Å². The quantitative estimate of drug-likeness (QED) is 0.862. The summed E-state index contributed by atoms with van der Waals surface area (Å²) < 4.78 is 6.28. The van der Waals surface area contributed by atoms with E-state index in [9.17, 15) is 0 Å². The van der Waals surface area contributed by atoms with Gasteiger partial charge >= 0.3 is 0 Å². The van der Waals surface area contributed by atoms with Crippen LogP contribution < -0.4 is 10.1 Å². The maximum absolute atomic E-state index is 5.25. The molecule has 1 atom stereocenters. The normalized spacial score (nSPS) is 23.2. The van der Waals surface area contributed by atoms with Crippen LogP contribution in [0.15, 0.2) is 22.7 Å². The van der Waals surface area contributed by atoms with Gasteiger partial charge in [-0.15, -0.1) is 0 Å². The Balaban J connectivity index is 1.42. The number of nitrogens with zero attached hydrogens (tertiary/aromatic N) is 1. The number of methoxy groups -OCH3 is 1. The minimum absolute atomic E-state index is 0.831. The summed E-state index contributed by atoms with van der Waals surface area (Å²) in [6, 6.07) is 7.21. The molecule has 1 aromatic rings. The number of hydrogen-bond donors (Lipinski definition) is 1. The van der Waals surface area contributed by atoms with Crippen LogP contribution in [0.3, 0.4) is 0 Å². The number of nitrogens with one attached hydrogen (secondary N) is 1. The molecule has 110 valence electrons. The second-order valence-electron chi connectivity index (χ2n) is 5.98. The second kappa shape index (κ2) is 6.46. The highest BCUT2D eigenvalue weighted by Crippen LogP contribution is 2.31. The smallest absolute Gasteiger partial charge is 0.133 e. The molecule has 0 spiro atoms. The van der Waals surface area contributed by atoms with E-state index in [1.54, 1.807) is 7.11 Å². The van der Waals surface area contributed by atoms with E-state index in [-0.39, 0.29) is 0 Å². The molecule has 1 N–H and O–H groups in total. The lowest BCUT2D eigenvalue weighted by molar-refractivity contribution is 0.312. The Morgan fingerprint density at radius 3 is 2.90 bits per heavy atom. The fourth-order valence-electron chi connectivity index (χ4n) is 3.04. The summed E-state index contributed by atoms with van der Waals surface area (Å²) >= 11 is 3.54. The maximum Gasteiger partial charge on any atom is 0.133 e. The van der Waals surface area contributed by atoms with E-state index in [1.165, 1.54) is 37.9 Å². The molecule has 1 aliphatic carbocycles. The van der Waals surface area contributed by atoms with Crippen LogP contribution in [0.5, 0.6) is 5.75 Å². The van der Waals surface area contributed by atoms with E-state index < -0.39 is 0 Å². The van der Waals surface area contributed by atoms with Crippen LogP contribution in [-0.2, 0) is 6.54 Å².